The molecule has 1 aliphatic rings. The largest absolute Gasteiger partial charge is 0.490 e. The number of hydrogen-bond acceptors (Lipinski definition) is 5. The predicted molar refractivity (Wildman–Crippen MR) is 119 cm³/mol. The first kappa shape index (κ1) is 21.9. The first-order valence-electron chi connectivity index (χ1n) is 9.95. The SMILES string of the molecule is CCN=C1S/C(=C/c2ccc(OCc3ccc(F)cc3)c(OCC)c2)C(=O)N1CC. The molecule has 30 heavy (non-hydrogen) atoms. The molecule has 2 aromatic carbocycles. The van der Waals surface area contributed by atoms with Crippen LogP contribution in [0.4, 0.5) is 4.39 Å². The van der Waals surface area contributed by atoms with Crippen LogP contribution in [0.1, 0.15) is 31.9 Å². The first-order chi connectivity index (χ1) is 14.5. The molecular weight excluding hydrogens is 403 g/mol. The van der Waals surface area contributed by atoms with E-state index in [1.807, 2.05) is 45.0 Å². The lowest BCUT2D eigenvalue weighted by molar-refractivity contribution is -0.122. The zero-order valence-electron chi connectivity index (χ0n) is 17.4. The molecule has 0 unspecified atom stereocenters. The van der Waals surface area contributed by atoms with Crippen LogP contribution in [-0.2, 0) is 11.4 Å². The summed E-state index contributed by atoms with van der Waals surface area (Å²) in [5.74, 6) is 0.875. The fraction of sp³-hybridized carbons (Fsp3) is 0.304. The number of amides is 1. The van der Waals surface area contributed by atoms with Crippen molar-refractivity contribution in [3.05, 3.63) is 64.3 Å². The summed E-state index contributed by atoms with van der Waals surface area (Å²) >= 11 is 1.39. The van der Waals surface area contributed by atoms with Crippen LogP contribution in [0.25, 0.3) is 6.08 Å². The van der Waals surface area contributed by atoms with Gasteiger partial charge in [-0.3, -0.25) is 14.7 Å². The molecule has 7 heteroatoms. The standard InChI is InChI=1S/C23H25FN2O3S/c1-4-25-23-26(5-2)22(27)21(30-23)14-17-9-12-19(20(13-17)28-6-3)29-15-16-7-10-18(24)11-8-16/h7-14H,4-6,15H2,1-3H3/b21-14+,25-23?. The number of benzene rings is 2. The van der Waals surface area contributed by atoms with Crippen LogP contribution in [0.5, 0.6) is 11.5 Å². The molecule has 1 saturated heterocycles. The molecule has 0 atom stereocenters. The molecule has 0 spiro atoms. The number of carbonyl (C=O) groups excluding carboxylic acids is 1. The van der Waals surface area contributed by atoms with E-state index in [-0.39, 0.29) is 11.7 Å². The summed E-state index contributed by atoms with van der Waals surface area (Å²) in [5.41, 5.74) is 1.71. The number of ether oxygens (including phenoxy) is 2. The van der Waals surface area contributed by atoms with Gasteiger partial charge in [0, 0.05) is 13.1 Å². The van der Waals surface area contributed by atoms with Gasteiger partial charge in [0.2, 0.25) is 0 Å². The van der Waals surface area contributed by atoms with Gasteiger partial charge in [0.05, 0.1) is 11.5 Å². The highest BCUT2D eigenvalue weighted by atomic mass is 32.2. The van der Waals surface area contributed by atoms with Crippen LogP contribution < -0.4 is 9.47 Å². The van der Waals surface area contributed by atoms with Gasteiger partial charge in [0.1, 0.15) is 12.4 Å². The number of amidine groups is 1. The average molecular weight is 429 g/mol. The van der Waals surface area contributed by atoms with Crippen molar-refractivity contribution in [3.63, 3.8) is 0 Å². The van der Waals surface area contributed by atoms with Crippen LogP contribution in [0, 0.1) is 5.82 Å². The lowest BCUT2D eigenvalue weighted by atomic mass is 10.1. The average Bonchev–Trinajstić information content (AvgIpc) is 3.03. The van der Waals surface area contributed by atoms with Crippen molar-refractivity contribution in [2.24, 2.45) is 4.99 Å². The topological polar surface area (TPSA) is 51.1 Å². The van der Waals surface area contributed by atoms with Gasteiger partial charge in [-0.1, -0.05) is 18.2 Å². The van der Waals surface area contributed by atoms with E-state index >= 15 is 0 Å². The quantitative estimate of drug-likeness (QED) is 0.548. The van der Waals surface area contributed by atoms with Gasteiger partial charge < -0.3 is 9.47 Å². The van der Waals surface area contributed by atoms with E-state index in [1.165, 1.54) is 23.9 Å². The van der Waals surface area contributed by atoms with Crippen molar-refractivity contribution >= 4 is 28.9 Å². The molecule has 3 rings (SSSR count). The normalized spacial score (nSPS) is 16.5. The monoisotopic (exact) mass is 428 g/mol. The number of aliphatic imine (C=N–C) groups is 1. The fourth-order valence-electron chi connectivity index (χ4n) is 2.94. The molecule has 0 N–H and O–H groups in total. The maximum Gasteiger partial charge on any atom is 0.266 e. The maximum atomic E-state index is 13.1. The highest BCUT2D eigenvalue weighted by molar-refractivity contribution is 8.18. The third-order valence-electron chi connectivity index (χ3n) is 4.37. The molecule has 0 aromatic heterocycles. The number of hydrogen-bond donors (Lipinski definition) is 0. The number of likely N-dealkylation sites (N-methyl/N-ethyl adjacent to an activating group) is 1. The van der Waals surface area contributed by atoms with Gasteiger partial charge in [-0.2, -0.15) is 0 Å². The minimum absolute atomic E-state index is 0.0377. The second-order valence-corrected chi connectivity index (χ2v) is 7.48. The van der Waals surface area contributed by atoms with Crippen molar-refractivity contribution in [1.29, 1.82) is 0 Å². The fourth-order valence-corrected chi connectivity index (χ4v) is 4.04. The Labute approximate surface area is 180 Å². The summed E-state index contributed by atoms with van der Waals surface area (Å²) in [6.45, 7) is 7.79. The zero-order valence-corrected chi connectivity index (χ0v) is 18.2. The zero-order chi connectivity index (χ0) is 21.5. The molecule has 158 valence electrons. The Hall–Kier alpha value is -2.80. The Kier molecular flexibility index (Phi) is 7.52. The Balaban J connectivity index is 1.80. The van der Waals surface area contributed by atoms with Crippen LogP contribution in [0.3, 0.4) is 0 Å². The lowest BCUT2D eigenvalue weighted by Crippen LogP contribution is -2.28. The highest BCUT2D eigenvalue weighted by Crippen LogP contribution is 2.35. The second-order valence-electron chi connectivity index (χ2n) is 6.47. The van der Waals surface area contributed by atoms with E-state index in [0.717, 1.165) is 16.3 Å². The Morgan fingerprint density at radius 2 is 1.83 bits per heavy atom. The molecule has 0 bridgehead atoms. The van der Waals surface area contributed by atoms with Crippen molar-refractivity contribution < 1.29 is 18.7 Å². The molecule has 1 fully saturated rings. The summed E-state index contributed by atoms with van der Waals surface area (Å²) in [4.78, 5) is 19.4. The smallest absolute Gasteiger partial charge is 0.266 e. The van der Waals surface area contributed by atoms with Gasteiger partial charge in [-0.15, -0.1) is 0 Å². The van der Waals surface area contributed by atoms with Crippen LogP contribution in [0.15, 0.2) is 52.4 Å². The molecule has 2 aromatic rings. The van der Waals surface area contributed by atoms with Crippen molar-refractivity contribution in [2.75, 3.05) is 19.7 Å². The lowest BCUT2D eigenvalue weighted by Gasteiger charge is -2.13. The summed E-state index contributed by atoms with van der Waals surface area (Å²) in [6.07, 6.45) is 1.85. The molecule has 5 nitrogen and oxygen atoms in total. The number of nitrogens with zero attached hydrogens (tertiary/aromatic N) is 2. The Morgan fingerprint density at radius 1 is 1.07 bits per heavy atom. The maximum absolute atomic E-state index is 13.1. The summed E-state index contributed by atoms with van der Waals surface area (Å²) in [6, 6.07) is 11.7. The molecule has 0 radical (unpaired) electrons. The highest BCUT2D eigenvalue weighted by Gasteiger charge is 2.31. The van der Waals surface area contributed by atoms with Crippen molar-refractivity contribution in [3.8, 4) is 11.5 Å². The number of rotatable bonds is 8. The number of thioether (sulfide) groups is 1. The van der Waals surface area contributed by atoms with Gasteiger partial charge in [0.15, 0.2) is 16.7 Å². The summed E-state index contributed by atoms with van der Waals surface area (Å²) in [5, 5.41) is 0.737. The molecule has 0 aliphatic carbocycles. The first-order valence-corrected chi connectivity index (χ1v) is 10.8. The minimum Gasteiger partial charge on any atom is -0.490 e. The van der Waals surface area contributed by atoms with Gasteiger partial charge in [0.25, 0.3) is 5.91 Å². The van der Waals surface area contributed by atoms with E-state index in [9.17, 15) is 9.18 Å². The summed E-state index contributed by atoms with van der Waals surface area (Å²) in [7, 11) is 0. The molecular formula is C23H25FN2O3S. The Morgan fingerprint density at radius 3 is 2.50 bits per heavy atom. The van der Waals surface area contributed by atoms with E-state index in [1.54, 1.807) is 17.0 Å². The van der Waals surface area contributed by atoms with Crippen LogP contribution >= 0.6 is 11.8 Å². The van der Waals surface area contributed by atoms with Gasteiger partial charge in [-0.05, 0) is 74.0 Å². The van der Waals surface area contributed by atoms with Crippen LogP contribution in [-0.4, -0.2) is 35.7 Å². The van der Waals surface area contributed by atoms with Crippen molar-refractivity contribution in [1.82, 2.24) is 4.90 Å². The second kappa shape index (κ2) is 10.3. The van der Waals surface area contributed by atoms with Crippen molar-refractivity contribution in [2.45, 2.75) is 27.4 Å². The molecule has 1 heterocycles. The van der Waals surface area contributed by atoms with Crippen LogP contribution in [0.2, 0.25) is 0 Å². The van der Waals surface area contributed by atoms with E-state index in [0.29, 0.717) is 42.7 Å². The third kappa shape index (κ3) is 5.21. The third-order valence-corrected chi connectivity index (χ3v) is 5.42. The number of halogens is 1. The molecule has 1 aliphatic heterocycles. The molecule has 0 saturated carbocycles. The van der Waals surface area contributed by atoms with Gasteiger partial charge >= 0.3 is 0 Å². The van der Waals surface area contributed by atoms with E-state index < -0.39 is 0 Å². The molecule has 1 amide bonds. The minimum atomic E-state index is -0.278. The van der Waals surface area contributed by atoms with E-state index in [4.69, 9.17) is 9.47 Å². The number of carbonyl (C=O) groups is 1. The van der Waals surface area contributed by atoms with E-state index in [2.05, 4.69) is 4.99 Å². The van der Waals surface area contributed by atoms with Gasteiger partial charge in [-0.25, -0.2) is 4.39 Å². The Bertz CT molecular complexity index is 957. The summed E-state index contributed by atoms with van der Waals surface area (Å²) < 4.78 is 24.7. The predicted octanol–water partition coefficient (Wildman–Crippen LogP) is 5.12.